The van der Waals surface area contributed by atoms with Crippen molar-refractivity contribution in [2.24, 2.45) is 5.92 Å². The molecule has 1 atom stereocenters. The van der Waals surface area contributed by atoms with Crippen LogP contribution in [0.15, 0.2) is 71.6 Å². The molecule has 1 N–H and O–H groups in total. The first kappa shape index (κ1) is 18.9. The number of hydrogen-bond donors (Lipinski definition) is 1. The minimum absolute atomic E-state index is 0.0165. The van der Waals surface area contributed by atoms with Crippen LogP contribution < -0.4 is 9.62 Å². The number of carbonyl (C=O) groups excluding carboxylic acids is 1. The van der Waals surface area contributed by atoms with Crippen molar-refractivity contribution in [1.29, 1.82) is 0 Å². The van der Waals surface area contributed by atoms with E-state index in [4.69, 9.17) is 11.6 Å². The minimum Gasteiger partial charge on any atom is -0.312 e. The van der Waals surface area contributed by atoms with Crippen molar-refractivity contribution in [3.8, 4) is 0 Å². The van der Waals surface area contributed by atoms with Crippen LogP contribution in [-0.2, 0) is 14.8 Å². The van der Waals surface area contributed by atoms with Gasteiger partial charge in [0.05, 0.1) is 4.90 Å². The van der Waals surface area contributed by atoms with Crippen LogP contribution in [0.1, 0.15) is 6.42 Å². The second-order valence-corrected chi connectivity index (χ2v) is 9.12. The summed E-state index contributed by atoms with van der Waals surface area (Å²) in [6, 6.07) is 19.7. The summed E-state index contributed by atoms with van der Waals surface area (Å²) in [5.41, 5.74) is 0.772. The lowest BCUT2D eigenvalue weighted by Gasteiger charge is -2.17. The molecule has 0 radical (unpaired) electrons. The largest absolute Gasteiger partial charge is 0.312 e. The Balaban J connectivity index is 1.44. The number of nitrogens with zero attached hydrogens (tertiary/aromatic N) is 1. The van der Waals surface area contributed by atoms with Gasteiger partial charge in [-0.05, 0) is 53.1 Å². The molecule has 3 aromatic rings. The number of anilines is 1. The van der Waals surface area contributed by atoms with E-state index in [0.29, 0.717) is 18.0 Å². The molecule has 1 amide bonds. The van der Waals surface area contributed by atoms with Crippen molar-refractivity contribution in [3.05, 3.63) is 71.8 Å². The number of carbonyl (C=O) groups is 1. The quantitative estimate of drug-likeness (QED) is 0.690. The number of benzene rings is 3. The Morgan fingerprint density at radius 1 is 1.00 bits per heavy atom. The molecule has 1 unspecified atom stereocenters. The van der Waals surface area contributed by atoms with Crippen LogP contribution in [0.25, 0.3) is 10.8 Å². The fourth-order valence-corrected chi connectivity index (χ4v) is 4.71. The fraction of sp³-hybridized carbons (Fsp3) is 0.190. The molecule has 144 valence electrons. The normalized spacial score (nSPS) is 17.4. The summed E-state index contributed by atoms with van der Waals surface area (Å²) in [7, 11) is -3.64. The van der Waals surface area contributed by atoms with E-state index in [0.717, 1.165) is 16.5 Å². The fourth-order valence-electron chi connectivity index (χ4n) is 3.43. The number of amides is 1. The molecular weight excluding hydrogens is 396 g/mol. The third kappa shape index (κ3) is 3.90. The van der Waals surface area contributed by atoms with Crippen LogP contribution >= 0.6 is 11.6 Å². The van der Waals surface area contributed by atoms with E-state index in [1.807, 2.05) is 24.3 Å². The van der Waals surface area contributed by atoms with Crippen LogP contribution in [0.2, 0.25) is 5.02 Å². The minimum atomic E-state index is -3.64. The molecule has 0 aliphatic carbocycles. The van der Waals surface area contributed by atoms with Gasteiger partial charge in [0.15, 0.2) is 0 Å². The molecule has 4 rings (SSSR count). The molecule has 0 aromatic heterocycles. The third-order valence-corrected chi connectivity index (χ3v) is 6.61. The summed E-state index contributed by atoms with van der Waals surface area (Å²) in [4.78, 5) is 14.2. The molecule has 7 heteroatoms. The van der Waals surface area contributed by atoms with E-state index in [2.05, 4.69) is 4.72 Å². The maximum Gasteiger partial charge on any atom is 0.240 e. The van der Waals surface area contributed by atoms with Gasteiger partial charge in [-0.1, -0.05) is 41.9 Å². The van der Waals surface area contributed by atoms with Gasteiger partial charge in [0.25, 0.3) is 0 Å². The molecule has 0 saturated carbocycles. The van der Waals surface area contributed by atoms with E-state index in [1.54, 1.807) is 47.4 Å². The SMILES string of the molecule is O=C1CC(CNS(=O)(=O)c2ccc3ccccc3c2)CN1c1ccc(Cl)cc1. The number of fused-ring (bicyclic) bond motifs is 1. The first-order valence-corrected chi connectivity index (χ1v) is 10.8. The predicted octanol–water partition coefficient (Wildman–Crippen LogP) is 3.82. The zero-order valence-corrected chi connectivity index (χ0v) is 16.6. The van der Waals surface area contributed by atoms with E-state index in [9.17, 15) is 13.2 Å². The van der Waals surface area contributed by atoms with Crippen molar-refractivity contribution < 1.29 is 13.2 Å². The molecule has 5 nitrogen and oxygen atoms in total. The van der Waals surface area contributed by atoms with Gasteiger partial charge in [-0.25, -0.2) is 13.1 Å². The molecule has 0 spiro atoms. The van der Waals surface area contributed by atoms with Gasteiger partial charge >= 0.3 is 0 Å². The maximum absolute atomic E-state index is 12.7. The smallest absolute Gasteiger partial charge is 0.240 e. The van der Waals surface area contributed by atoms with Crippen LogP contribution in [0, 0.1) is 5.92 Å². The Morgan fingerprint density at radius 3 is 2.46 bits per heavy atom. The molecule has 1 saturated heterocycles. The highest BCUT2D eigenvalue weighted by atomic mass is 35.5. The van der Waals surface area contributed by atoms with Crippen molar-refractivity contribution in [3.63, 3.8) is 0 Å². The summed E-state index contributed by atoms with van der Waals surface area (Å²) >= 11 is 5.90. The van der Waals surface area contributed by atoms with Crippen molar-refractivity contribution in [2.45, 2.75) is 11.3 Å². The lowest BCUT2D eigenvalue weighted by molar-refractivity contribution is -0.117. The number of hydrogen-bond acceptors (Lipinski definition) is 3. The molecule has 1 aliphatic heterocycles. The Bertz CT molecular complexity index is 1130. The van der Waals surface area contributed by atoms with Crippen LogP contribution in [0.3, 0.4) is 0 Å². The van der Waals surface area contributed by atoms with E-state index in [-0.39, 0.29) is 23.3 Å². The van der Waals surface area contributed by atoms with Gasteiger partial charge in [0.2, 0.25) is 15.9 Å². The monoisotopic (exact) mass is 414 g/mol. The molecule has 1 fully saturated rings. The van der Waals surface area contributed by atoms with Crippen molar-refractivity contribution in [1.82, 2.24) is 4.72 Å². The average molecular weight is 415 g/mol. The first-order valence-electron chi connectivity index (χ1n) is 8.97. The van der Waals surface area contributed by atoms with Gasteiger partial charge in [-0.15, -0.1) is 0 Å². The van der Waals surface area contributed by atoms with E-state index >= 15 is 0 Å². The summed E-state index contributed by atoms with van der Waals surface area (Å²) in [6.07, 6.45) is 0.308. The van der Waals surface area contributed by atoms with Crippen LogP contribution in [-0.4, -0.2) is 27.4 Å². The summed E-state index contributed by atoms with van der Waals surface area (Å²) in [5, 5.41) is 2.46. The summed E-state index contributed by atoms with van der Waals surface area (Å²) in [5.74, 6) is -0.101. The highest BCUT2D eigenvalue weighted by Gasteiger charge is 2.31. The molecule has 1 aliphatic rings. The first-order chi connectivity index (χ1) is 13.4. The number of halogens is 1. The van der Waals surface area contributed by atoms with Crippen LogP contribution in [0.5, 0.6) is 0 Å². The lowest BCUT2D eigenvalue weighted by atomic mass is 10.1. The average Bonchev–Trinajstić information content (AvgIpc) is 3.07. The number of sulfonamides is 1. The standard InChI is InChI=1S/C21H19ClN2O3S/c22-18-6-8-19(9-7-18)24-14-15(11-21(24)25)13-23-28(26,27)20-10-5-16-3-1-2-4-17(16)12-20/h1-10,12,15,23H,11,13-14H2. The van der Waals surface area contributed by atoms with Gasteiger partial charge in [-0.2, -0.15) is 0 Å². The van der Waals surface area contributed by atoms with E-state index < -0.39 is 10.0 Å². The molecule has 0 bridgehead atoms. The predicted molar refractivity (Wildman–Crippen MR) is 111 cm³/mol. The van der Waals surface area contributed by atoms with Gasteiger partial charge in [0.1, 0.15) is 0 Å². The third-order valence-electron chi connectivity index (χ3n) is 4.94. The lowest BCUT2D eigenvalue weighted by Crippen LogP contribution is -2.31. The topological polar surface area (TPSA) is 66.5 Å². The second-order valence-electron chi connectivity index (χ2n) is 6.91. The molecular formula is C21H19ClN2O3S. The Labute approximate surface area is 169 Å². The molecule has 3 aromatic carbocycles. The zero-order valence-electron chi connectivity index (χ0n) is 15.0. The zero-order chi connectivity index (χ0) is 19.7. The Kier molecular flexibility index (Phi) is 5.10. The van der Waals surface area contributed by atoms with Crippen molar-refractivity contribution >= 4 is 44.0 Å². The van der Waals surface area contributed by atoms with Crippen molar-refractivity contribution in [2.75, 3.05) is 18.0 Å². The highest BCUT2D eigenvalue weighted by molar-refractivity contribution is 7.89. The summed E-state index contributed by atoms with van der Waals surface area (Å²) < 4.78 is 28.0. The number of nitrogens with one attached hydrogen (secondary N) is 1. The van der Waals surface area contributed by atoms with Gasteiger partial charge in [0, 0.05) is 30.2 Å². The molecule has 1 heterocycles. The highest BCUT2D eigenvalue weighted by Crippen LogP contribution is 2.26. The van der Waals surface area contributed by atoms with Crippen LogP contribution in [0.4, 0.5) is 5.69 Å². The number of rotatable bonds is 5. The second kappa shape index (κ2) is 7.54. The maximum atomic E-state index is 12.7. The van der Waals surface area contributed by atoms with E-state index in [1.165, 1.54) is 0 Å². The Hall–Kier alpha value is -2.41. The van der Waals surface area contributed by atoms with Gasteiger partial charge in [-0.3, -0.25) is 4.79 Å². The Morgan fingerprint density at radius 2 is 1.71 bits per heavy atom. The van der Waals surface area contributed by atoms with Gasteiger partial charge < -0.3 is 4.90 Å². The molecule has 28 heavy (non-hydrogen) atoms. The summed E-state index contributed by atoms with van der Waals surface area (Å²) in [6.45, 7) is 0.686.